The van der Waals surface area contributed by atoms with Crippen LogP contribution in [0.4, 0.5) is 18.9 Å². The molecule has 0 saturated heterocycles. The molecule has 1 N–H and O–H groups in total. The van der Waals surface area contributed by atoms with Crippen molar-refractivity contribution in [1.82, 2.24) is 5.32 Å². The number of para-hydroxylation sites is 1. The normalized spacial score (nSPS) is 11.8. The first-order valence-electron chi connectivity index (χ1n) is 7.10. The van der Waals surface area contributed by atoms with E-state index in [2.05, 4.69) is 0 Å². The van der Waals surface area contributed by atoms with Gasteiger partial charge in [0.1, 0.15) is 6.54 Å². The van der Waals surface area contributed by atoms with Gasteiger partial charge in [-0.3, -0.25) is 9.10 Å². The van der Waals surface area contributed by atoms with Gasteiger partial charge in [-0.25, -0.2) is 8.42 Å². The van der Waals surface area contributed by atoms with Crippen LogP contribution in [0.2, 0.25) is 0 Å². The lowest BCUT2D eigenvalue weighted by molar-refractivity contribution is -0.123. The zero-order valence-corrected chi connectivity index (χ0v) is 13.9. The molecule has 0 aliphatic carbocycles. The van der Waals surface area contributed by atoms with Gasteiger partial charge >= 0.3 is 6.18 Å². The fourth-order valence-electron chi connectivity index (χ4n) is 2.00. The molecule has 0 atom stereocenters. The Hall–Kier alpha value is -2.55. The highest BCUT2D eigenvalue weighted by molar-refractivity contribution is 7.92. The Balaban J connectivity index is 2.17. The van der Waals surface area contributed by atoms with Crippen molar-refractivity contribution in [3.63, 3.8) is 0 Å². The lowest BCUT2D eigenvalue weighted by Crippen LogP contribution is -2.33. The molecule has 0 bridgehead atoms. The second-order valence-corrected chi connectivity index (χ2v) is 7.10. The van der Waals surface area contributed by atoms with Gasteiger partial charge in [-0.1, -0.05) is 18.2 Å². The minimum atomic E-state index is -4.52. The van der Waals surface area contributed by atoms with E-state index in [0.29, 0.717) is 5.69 Å². The van der Waals surface area contributed by atoms with Gasteiger partial charge in [-0.05, 0) is 36.4 Å². The molecule has 0 aliphatic heterocycles. The summed E-state index contributed by atoms with van der Waals surface area (Å²) in [6, 6.07) is 13.1. The predicted octanol–water partition coefficient (Wildman–Crippen LogP) is 2.80. The van der Waals surface area contributed by atoms with Crippen molar-refractivity contribution < 1.29 is 26.4 Å². The summed E-state index contributed by atoms with van der Waals surface area (Å²) in [5.41, 5.74) is 0.389. The molecule has 2 aromatic rings. The van der Waals surface area contributed by atoms with E-state index in [-0.39, 0.29) is 10.5 Å². The van der Waals surface area contributed by atoms with Crippen molar-refractivity contribution in [2.24, 2.45) is 0 Å². The Morgan fingerprint density at radius 2 is 1.60 bits per heavy atom. The molecule has 5 nitrogen and oxygen atoms in total. The number of carbonyl (C=O) groups excluding carboxylic acids is 1. The summed E-state index contributed by atoms with van der Waals surface area (Å²) < 4.78 is 62.5. The van der Waals surface area contributed by atoms with Crippen molar-refractivity contribution >= 4 is 21.6 Å². The number of nitrogens with zero attached hydrogens (tertiary/aromatic N) is 1. The minimum absolute atomic E-state index is 0.0643. The maximum atomic E-state index is 12.5. The number of amides is 1. The monoisotopic (exact) mass is 372 g/mol. The van der Waals surface area contributed by atoms with Gasteiger partial charge in [-0.15, -0.1) is 0 Å². The highest BCUT2D eigenvalue weighted by Crippen LogP contribution is 2.22. The van der Waals surface area contributed by atoms with Gasteiger partial charge in [0.05, 0.1) is 10.6 Å². The highest BCUT2D eigenvalue weighted by atomic mass is 32.2. The second kappa shape index (κ2) is 7.14. The van der Waals surface area contributed by atoms with E-state index in [0.717, 1.165) is 16.4 Å². The first-order valence-corrected chi connectivity index (χ1v) is 8.54. The molecule has 25 heavy (non-hydrogen) atoms. The summed E-state index contributed by atoms with van der Waals surface area (Å²) >= 11 is 0. The smallest absolute Gasteiger partial charge is 0.343 e. The topological polar surface area (TPSA) is 66.5 Å². The van der Waals surface area contributed by atoms with E-state index < -0.39 is 28.7 Å². The van der Waals surface area contributed by atoms with Gasteiger partial charge in [0.25, 0.3) is 15.9 Å². The average Bonchev–Trinajstić information content (AvgIpc) is 2.59. The van der Waals surface area contributed by atoms with Crippen molar-refractivity contribution in [1.29, 1.82) is 0 Å². The predicted molar refractivity (Wildman–Crippen MR) is 86.9 cm³/mol. The van der Waals surface area contributed by atoms with Gasteiger partial charge in [0.2, 0.25) is 0 Å². The van der Waals surface area contributed by atoms with Gasteiger partial charge in [0, 0.05) is 12.6 Å². The Morgan fingerprint density at radius 3 is 2.12 bits per heavy atom. The number of sulfonamides is 1. The number of hydrogen-bond acceptors (Lipinski definition) is 3. The number of alkyl halides is 3. The van der Waals surface area contributed by atoms with Crippen LogP contribution >= 0.6 is 0 Å². The van der Waals surface area contributed by atoms with Crippen molar-refractivity contribution in [2.45, 2.75) is 11.1 Å². The van der Waals surface area contributed by atoms with E-state index in [1.807, 2.05) is 0 Å². The minimum Gasteiger partial charge on any atom is -0.343 e. The zero-order valence-electron chi connectivity index (χ0n) is 13.1. The molecule has 2 rings (SSSR count). The van der Waals surface area contributed by atoms with E-state index in [9.17, 15) is 26.4 Å². The van der Waals surface area contributed by atoms with Crippen molar-refractivity contribution in [3.05, 3.63) is 60.2 Å². The Kier molecular flexibility index (Phi) is 5.36. The van der Waals surface area contributed by atoms with Crippen LogP contribution < -0.4 is 9.62 Å². The van der Waals surface area contributed by atoms with Gasteiger partial charge in [0.15, 0.2) is 0 Å². The first-order chi connectivity index (χ1) is 11.6. The first kappa shape index (κ1) is 18.8. The molecule has 134 valence electrons. The van der Waals surface area contributed by atoms with Crippen LogP contribution in [-0.4, -0.2) is 34.1 Å². The molecule has 0 radical (unpaired) electrons. The molecular formula is C16H15F3N2O3S. The molecule has 0 fully saturated rings. The molecule has 0 aliphatic rings. The van der Waals surface area contributed by atoms with Crippen LogP contribution in [0.5, 0.6) is 0 Å². The maximum Gasteiger partial charge on any atom is 0.405 e. The number of benzene rings is 2. The molecule has 0 heterocycles. The van der Waals surface area contributed by atoms with E-state index in [4.69, 9.17) is 0 Å². The zero-order chi connectivity index (χ0) is 18.7. The summed E-state index contributed by atoms with van der Waals surface area (Å²) in [7, 11) is -2.46. The summed E-state index contributed by atoms with van der Waals surface area (Å²) in [6.45, 7) is -1.46. The Morgan fingerprint density at radius 1 is 1.04 bits per heavy atom. The van der Waals surface area contributed by atoms with Crippen LogP contribution in [0.1, 0.15) is 10.4 Å². The molecule has 9 heteroatoms. The quantitative estimate of drug-likeness (QED) is 0.878. The van der Waals surface area contributed by atoms with Crippen LogP contribution in [0.25, 0.3) is 0 Å². The molecule has 0 saturated carbocycles. The van der Waals surface area contributed by atoms with E-state index in [1.165, 1.54) is 19.2 Å². The lowest BCUT2D eigenvalue weighted by Gasteiger charge is -2.19. The van der Waals surface area contributed by atoms with Crippen LogP contribution in [0, 0.1) is 0 Å². The maximum absolute atomic E-state index is 12.5. The standard InChI is InChI=1S/C16H15F3N2O3S/c1-21(13-5-3-2-4-6-13)25(23,24)14-9-7-12(8-10-14)15(22)20-11-16(17,18)19/h2-10H,11H2,1H3,(H,20,22). The second-order valence-electron chi connectivity index (χ2n) is 5.13. The number of carbonyl (C=O) groups is 1. The molecule has 0 spiro atoms. The fourth-order valence-corrected chi connectivity index (χ4v) is 3.19. The third-order valence-corrected chi connectivity index (χ3v) is 5.14. The van der Waals surface area contributed by atoms with Crippen LogP contribution in [-0.2, 0) is 10.0 Å². The number of rotatable bonds is 5. The van der Waals surface area contributed by atoms with Gasteiger partial charge < -0.3 is 5.32 Å². The molecule has 0 aromatic heterocycles. The van der Waals surface area contributed by atoms with Crippen LogP contribution in [0.3, 0.4) is 0 Å². The van der Waals surface area contributed by atoms with Gasteiger partial charge in [-0.2, -0.15) is 13.2 Å². The third kappa shape index (κ3) is 4.72. The number of nitrogens with one attached hydrogen (secondary N) is 1. The summed E-state index contributed by atoms with van der Waals surface area (Å²) in [4.78, 5) is 11.6. The summed E-state index contributed by atoms with van der Waals surface area (Å²) in [6.07, 6.45) is -4.52. The Labute approximate surface area is 143 Å². The number of halogens is 3. The Bertz CT molecular complexity index is 835. The van der Waals surface area contributed by atoms with E-state index in [1.54, 1.807) is 35.6 Å². The number of hydrogen-bond donors (Lipinski definition) is 1. The largest absolute Gasteiger partial charge is 0.405 e. The van der Waals surface area contributed by atoms with Crippen LogP contribution in [0.15, 0.2) is 59.5 Å². The third-order valence-electron chi connectivity index (χ3n) is 3.34. The lowest BCUT2D eigenvalue weighted by atomic mass is 10.2. The van der Waals surface area contributed by atoms with Crippen molar-refractivity contribution in [3.8, 4) is 0 Å². The summed E-state index contributed by atoms with van der Waals surface area (Å²) in [5, 5.41) is 1.72. The van der Waals surface area contributed by atoms with E-state index >= 15 is 0 Å². The number of anilines is 1. The van der Waals surface area contributed by atoms with Crippen molar-refractivity contribution in [2.75, 3.05) is 17.9 Å². The highest BCUT2D eigenvalue weighted by Gasteiger charge is 2.28. The summed E-state index contributed by atoms with van der Waals surface area (Å²) in [5.74, 6) is -0.933. The molecule has 0 unspecified atom stereocenters. The molecular weight excluding hydrogens is 357 g/mol. The fraction of sp³-hybridized carbons (Fsp3) is 0.188. The molecule has 2 aromatic carbocycles. The molecule has 1 amide bonds. The SMILES string of the molecule is CN(c1ccccc1)S(=O)(=O)c1ccc(C(=O)NCC(F)(F)F)cc1. The average molecular weight is 372 g/mol.